The molecule has 2 unspecified atom stereocenters. The first-order chi connectivity index (χ1) is 16.5. The van der Waals surface area contributed by atoms with Crippen LogP contribution in [-0.2, 0) is 11.2 Å². The van der Waals surface area contributed by atoms with Crippen LogP contribution >= 0.6 is 0 Å². The number of rotatable bonds is 6. The fourth-order valence-electron chi connectivity index (χ4n) is 5.00. The van der Waals surface area contributed by atoms with Gasteiger partial charge < -0.3 is 20.3 Å². The van der Waals surface area contributed by atoms with Crippen molar-refractivity contribution in [1.82, 2.24) is 5.32 Å². The molecule has 34 heavy (non-hydrogen) atoms. The van der Waals surface area contributed by atoms with Gasteiger partial charge in [-0.15, -0.1) is 0 Å². The third kappa shape index (κ3) is 4.22. The van der Waals surface area contributed by atoms with Gasteiger partial charge in [0.25, 0.3) is 0 Å². The van der Waals surface area contributed by atoms with Crippen LogP contribution in [0, 0.1) is 0 Å². The Morgan fingerprint density at radius 2 is 1.62 bits per heavy atom. The molecule has 5 rings (SSSR count). The molecule has 0 saturated heterocycles. The molecule has 1 amide bonds. The number of amides is 1. The Morgan fingerprint density at radius 3 is 2.32 bits per heavy atom. The van der Waals surface area contributed by atoms with E-state index < -0.39 is 18.3 Å². The third-order valence-electron chi connectivity index (χ3n) is 6.79. The summed E-state index contributed by atoms with van der Waals surface area (Å²) in [5, 5.41) is 23.5. The topological polar surface area (TPSA) is 95.9 Å². The molecule has 2 aliphatic rings. The summed E-state index contributed by atoms with van der Waals surface area (Å²) in [6.45, 7) is -0.00564. The molecule has 2 aliphatic carbocycles. The van der Waals surface area contributed by atoms with Crippen LogP contribution in [0.2, 0.25) is 0 Å². The number of ether oxygens (including phenoxy) is 1. The van der Waals surface area contributed by atoms with Gasteiger partial charge in [0.1, 0.15) is 18.8 Å². The van der Waals surface area contributed by atoms with E-state index in [2.05, 4.69) is 17.4 Å². The van der Waals surface area contributed by atoms with Gasteiger partial charge in [0.05, 0.1) is 0 Å². The zero-order valence-electron chi connectivity index (χ0n) is 18.7. The monoisotopic (exact) mass is 457 g/mol. The normalized spacial score (nSPS) is 16.2. The smallest absolute Gasteiger partial charge is 0.407 e. The Morgan fingerprint density at radius 1 is 0.941 bits per heavy atom. The number of aliphatic hydroxyl groups is 2. The molecule has 3 aromatic rings. The molecule has 6 heteroatoms. The first-order valence-electron chi connectivity index (χ1n) is 11.6. The second-order valence-corrected chi connectivity index (χ2v) is 8.91. The van der Waals surface area contributed by atoms with E-state index in [9.17, 15) is 19.8 Å². The van der Waals surface area contributed by atoms with Crippen molar-refractivity contribution in [3.63, 3.8) is 0 Å². The predicted octanol–water partition coefficient (Wildman–Crippen LogP) is 4.14. The van der Waals surface area contributed by atoms with Crippen molar-refractivity contribution in [3.05, 3.63) is 94.5 Å². The highest BCUT2D eigenvalue weighted by Gasteiger charge is 2.29. The predicted molar refractivity (Wildman–Crippen MR) is 128 cm³/mol. The van der Waals surface area contributed by atoms with E-state index in [0.717, 1.165) is 40.7 Å². The third-order valence-corrected chi connectivity index (χ3v) is 6.79. The van der Waals surface area contributed by atoms with Crippen molar-refractivity contribution in [1.29, 1.82) is 0 Å². The summed E-state index contributed by atoms with van der Waals surface area (Å²) in [5.41, 5.74) is 6.57. The Bertz CT molecular complexity index is 1190. The van der Waals surface area contributed by atoms with E-state index in [-0.39, 0.29) is 24.9 Å². The zero-order valence-corrected chi connectivity index (χ0v) is 18.7. The highest BCUT2D eigenvalue weighted by Crippen LogP contribution is 2.44. The van der Waals surface area contributed by atoms with Gasteiger partial charge in [0, 0.05) is 24.4 Å². The highest BCUT2D eigenvalue weighted by molar-refractivity contribution is 5.98. The van der Waals surface area contributed by atoms with Crippen molar-refractivity contribution in [2.45, 2.75) is 37.4 Å². The lowest BCUT2D eigenvalue weighted by Crippen LogP contribution is -2.36. The van der Waals surface area contributed by atoms with Gasteiger partial charge in [0.15, 0.2) is 5.78 Å². The van der Waals surface area contributed by atoms with Crippen molar-refractivity contribution in [2.24, 2.45) is 0 Å². The van der Waals surface area contributed by atoms with Crippen LogP contribution in [0.5, 0.6) is 0 Å². The van der Waals surface area contributed by atoms with Crippen LogP contribution in [0.15, 0.2) is 66.7 Å². The number of nitrogens with one attached hydrogen (secondary N) is 1. The van der Waals surface area contributed by atoms with Gasteiger partial charge in [-0.1, -0.05) is 60.7 Å². The standard InChI is InChI=1S/C28H27NO5/c30-25-11-5-6-17-12-13-18(14-23(17)25)27(32)26(31)15-29-28(33)34-16-24-21-9-3-1-7-19(21)20-8-2-4-10-22(20)24/h1-4,7-10,12-14,24,26-27,31-32H,5-6,11,15-16H2,(H,29,33). The van der Waals surface area contributed by atoms with Crippen molar-refractivity contribution >= 4 is 11.9 Å². The van der Waals surface area contributed by atoms with Crippen LogP contribution in [0.1, 0.15) is 57.5 Å². The lowest BCUT2D eigenvalue weighted by molar-refractivity contribution is 0.0185. The first kappa shape index (κ1) is 22.3. The fourth-order valence-corrected chi connectivity index (χ4v) is 5.00. The molecule has 0 saturated carbocycles. The first-order valence-corrected chi connectivity index (χ1v) is 11.6. The van der Waals surface area contributed by atoms with Crippen molar-refractivity contribution in [3.8, 4) is 11.1 Å². The van der Waals surface area contributed by atoms with E-state index in [1.54, 1.807) is 12.1 Å². The minimum absolute atomic E-state index is 0.0540. The maximum atomic E-state index is 12.4. The molecule has 0 aromatic heterocycles. The summed E-state index contributed by atoms with van der Waals surface area (Å²) in [7, 11) is 0. The molecular formula is C28H27NO5. The molecule has 0 spiro atoms. The summed E-state index contributed by atoms with van der Waals surface area (Å²) in [5.74, 6) is 0.00301. The minimum atomic E-state index is -1.24. The van der Waals surface area contributed by atoms with Crippen molar-refractivity contribution < 1.29 is 24.5 Å². The summed E-state index contributed by atoms with van der Waals surface area (Å²) in [6.07, 6.45) is -0.956. The number of benzene rings is 3. The van der Waals surface area contributed by atoms with Crippen LogP contribution in [0.4, 0.5) is 4.79 Å². The number of hydrogen-bond donors (Lipinski definition) is 3. The number of aryl methyl sites for hydroxylation is 1. The molecule has 3 N–H and O–H groups in total. The van der Waals surface area contributed by atoms with Crippen LogP contribution in [-0.4, -0.2) is 41.3 Å². The number of fused-ring (bicyclic) bond motifs is 4. The van der Waals surface area contributed by atoms with Crippen LogP contribution in [0.3, 0.4) is 0 Å². The maximum absolute atomic E-state index is 12.4. The van der Waals surface area contributed by atoms with E-state index in [1.807, 2.05) is 42.5 Å². The highest BCUT2D eigenvalue weighted by atomic mass is 16.5. The number of alkyl carbamates (subject to hydrolysis) is 1. The molecular weight excluding hydrogens is 430 g/mol. The molecule has 0 heterocycles. The molecule has 0 aliphatic heterocycles. The number of Topliss-reactive ketones (excluding diaryl/α,β-unsaturated/α-hetero) is 1. The SMILES string of the molecule is O=C(NCC(O)C(O)c1ccc2c(c1)C(=O)CCC2)OCC1c2ccccc2-c2ccccc21. The van der Waals surface area contributed by atoms with E-state index in [0.29, 0.717) is 17.5 Å². The second kappa shape index (κ2) is 9.41. The maximum Gasteiger partial charge on any atom is 0.407 e. The Labute approximate surface area is 198 Å². The fraction of sp³-hybridized carbons (Fsp3) is 0.286. The molecule has 0 bridgehead atoms. The largest absolute Gasteiger partial charge is 0.449 e. The summed E-state index contributed by atoms with van der Waals surface area (Å²) in [6, 6.07) is 21.4. The minimum Gasteiger partial charge on any atom is -0.449 e. The lowest BCUT2D eigenvalue weighted by Gasteiger charge is -2.21. The van der Waals surface area contributed by atoms with Gasteiger partial charge >= 0.3 is 6.09 Å². The number of carbonyl (C=O) groups is 2. The number of hydrogen-bond acceptors (Lipinski definition) is 5. The number of ketones is 1. The quantitative estimate of drug-likeness (QED) is 0.517. The number of aliphatic hydroxyl groups excluding tert-OH is 2. The van der Waals surface area contributed by atoms with Gasteiger partial charge in [-0.05, 0) is 52.3 Å². The lowest BCUT2D eigenvalue weighted by atomic mass is 9.88. The summed E-state index contributed by atoms with van der Waals surface area (Å²) < 4.78 is 5.48. The second-order valence-electron chi connectivity index (χ2n) is 8.91. The van der Waals surface area contributed by atoms with E-state index in [4.69, 9.17) is 4.74 Å². The van der Waals surface area contributed by atoms with E-state index >= 15 is 0 Å². The zero-order chi connectivity index (χ0) is 23.7. The Kier molecular flexibility index (Phi) is 6.18. The van der Waals surface area contributed by atoms with Gasteiger partial charge in [-0.2, -0.15) is 0 Å². The Hall–Kier alpha value is -3.48. The van der Waals surface area contributed by atoms with Gasteiger partial charge in [0.2, 0.25) is 0 Å². The van der Waals surface area contributed by atoms with Gasteiger partial charge in [-0.3, -0.25) is 4.79 Å². The van der Waals surface area contributed by atoms with Crippen LogP contribution in [0.25, 0.3) is 11.1 Å². The van der Waals surface area contributed by atoms with Gasteiger partial charge in [-0.25, -0.2) is 4.79 Å². The van der Waals surface area contributed by atoms with Crippen molar-refractivity contribution in [2.75, 3.05) is 13.2 Å². The summed E-state index contributed by atoms with van der Waals surface area (Å²) in [4.78, 5) is 24.5. The van der Waals surface area contributed by atoms with Crippen LogP contribution < -0.4 is 5.32 Å². The molecule has 2 atom stereocenters. The molecule has 3 aromatic carbocycles. The Balaban J connectivity index is 1.18. The van der Waals surface area contributed by atoms with E-state index in [1.165, 1.54) is 0 Å². The molecule has 6 nitrogen and oxygen atoms in total. The average molecular weight is 458 g/mol. The average Bonchev–Trinajstić information content (AvgIpc) is 3.19. The molecule has 0 radical (unpaired) electrons. The molecule has 0 fully saturated rings. The molecule has 174 valence electrons. The summed E-state index contributed by atoms with van der Waals surface area (Å²) >= 11 is 0. The number of carbonyl (C=O) groups excluding carboxylic acids is 2.